The highest BCUT2D eigenvalue weighted by atomic mass is 32.2. The van der Waals surface area contributed by atoms with Crippen LogP contribution in [0.5, 0.6) is 5.75 Å². The molecule has 0 aromatic heterocycles. The Labute approximate surface area is 327 Å². The molecular weight excluding hydrogens is 745 g/mol. The molecule has 3 atom stereocenters. The number of amides is 2. The molecule has 2 heterocycles. The fourth-order valence-electron chi connectivity index (χ4n) is 6.62. The van der Waals surface area contributed by atoms with Gasteiger partial charge in [-0.2, -0.15) is 12.7 Å². The maximum atomic E-state index is 13.5. The lowest BCUT2D eigenvalue weighted by atomic mass is 9.73. The number of nitrogens with one attached hydrogen (secondary N) is 1. The first-order valence-corrected chi connectivity index (χ1v) is 19.8. The Hall–Kier alpha value is -5.29. The molecule has 17 heteroatoms. The van der Waals surface area contributed by atoms with Crippen molar-refractivity contribution in [3.63, 3.8) is 0 Å². The van der Waals surface area contributed by atoms with E-state index < -0.39 is 52.0 Å². The average Bonchev–Trinajstić information content (AvgIpc) is 3.54. The Morgan fingerprint density at radius 3 is 2.54 bits per heavy atom. The van der Waals surface area contributed by atoms with Crippen LogP contribution in [0.1, 0.15) is 95.8 Å². The number of carbonyl (C=O) groups is 3. The zero-order valence-electron chi connectivity index (χ0n) is 32.9. The molecule has 1 saturated heterocycles. The number of benzene rings is 1. The van der Waals surface area contributed by atoms with E-state index in [1.165, 1.54) is 32.5 Å². The van der Waals surface area contributed by atoms with Crippen LogP contribution in [0.25, 0.3) is 0 Å². The molecule has 1 aromatic carbocycles. The summed E-state index contributed by atoms with van der Waals surface area (Å²) < 4.78 is 46.6. The van der Waals surface area contributed by atoms with Crippen LogP contribution < -0.4 is 15.8 Å². The number of allylic oxidation sites excluding steroid dienone is 3. The van der Waals surface area contributed by atoms with Crippen LogP contribution in [0.4, 0.5) is 0 Å². The predicted molar refractivity (Wildman–Crippen MR) is 211 cm³/mol. The lowest BCUT2D eigenvalue weighted by molar-refractivity contribution is -0.161. The van der Waals surface area contributed by atoms with Crippen molar-refractivity contribution in [2.24, 2.45) is 26.8 Å². The SMILES string of the molecule is C=C(C)[C@@H]1CCC(C)=C[C@H]1c1c(C)cc(CCCCC)cc1OC(=NC)OC/C=C1\[C@H](NC(=O)/C(=N\OC(C)(C)C(=O)O)C2=CCC(N)=N2)C(=O)N1S(=O)(=O)O. The van der Waals surface area contributed by atoms with E-state index in [1.807, 2.05) is 13.0 Å². The van der Waals surface area contributed by atoms with Crippen molar-refractivity contribution in [3.05, 3.63) is 76.2 Å². The van der Waals surface area contributed by atoms with Gasteiger partial charge in [-0.05, 0) is 95.6 Å². The molecule has 0 bridgehead atoms. The first-order chi connectivity index (χ1) is 26.3. The highest BCUT2D eigenvalue weighted by molar-refractivity contribution is 7.84. The number of unbranched alkanes of at least 4 members (excludes halogenated alkanes) is 2. The van der Waals surface area contributed by atoms with Crippen molar-refractivity contribution in [2.45, 2.75) is 104 Å². The third-order valence-electron chi connectivity index (χ3n) is 9.66. The van der Waals surface area contributed by atoms with Gasteiger partial charge in [-0.15, -0.1) is 0 Å². The Morgan fingerprint density at radius 2 is 1.95 bits per heavy atom. The van der Waals surface area contributed by atoms with Gasteiger partial charge in [0.2, 0.25) is 5.60 Å². The number of amidine groups is 1. The van der Waals surface area contributed by atoms with Gasteiger partial charge >= 0.3 is 22.4 Å². The van der Waals surface area contributed by atoms with E-state index >= 15 is 0 Å². The lowest BCUT2D eigenvalue weighted by Crippen LogP contribution is -2.64. The smallest absolute Gasteiger partial charge is 0.389 e. The molecule has 1 aliphatic carbocycles. The maximum Gasteiger partial charge on any atom is 0.389 e. The number of aliphatic imine (C=N–C) groups is 2. The number of β-lactam (4-membered cyclic amide) rings is 1. The number of nitrogens with two attached hydrogens (primary N) is 1. The van der Waals surface area contributed by atoms with Gasteiger partial charge in [0.1, 0.15) is 18.2 Å². The van der Waals surface area contributed by atoms with Crippen molar-refractivity contribution < 1.29 is 46.8 Å². The second-order valence-corrected chi connectivity index (χ2v) is 15.8. The molecule has 5 N–H and O–H groups in total. The van der Waals surface area contributed by atoms with E-state index in [-0.39, 0.29) is 45.9 Å². The lowest BCUT2D eigenvalue weighted by Gasteiger charge is -2.38. The minimum atomic E-state index is -5.11. The molecule has 16 nitrogen and oxygen atoms in total. The molecule has 0 unspecified atom stereocenters. The van der Waals surface area contributed by atoms with Gasteiger partial charge in [0.25, 0.3) is 11.8 Å². The summed E-state index contributed by atoms with van der Waals surface area (Å²) in [6, 6.07) is 2.57. The maximum absolute atomic E-state index is 13.5. The number of aryl methyl sites for hydroxylation is 2. The number of oxime groups is 1. The third kappa shape index (κ3) is 10.3. The van der Waals surface area contributed by atoms with E-state index in [4.69, 9.17) is 20.0 Å². The summed E-state index contributed by atoms with van der Waals surface area (Å²) in [6.07, 6.45) is 10.8. The third-order valence-corrected chi connectivity index (χ3v) is 10.5. The fraction of sp³-hybridized carbons (Fsp3) is 0.487. The zero-order valence-corrected chi connectivity index (χ0v) is 33.7. The zero-order chi connectivity index (χ0) is 41.5. The van der Waals surface area contributed by atoms with Crippen LogP contribution in [0.15, 0.2) is 74.6 Å². The standard InChI is InChI=1S/C39H52N6O10S/c1-9-10-11-12-25-20-24(5)32(27-19-23(4)13-14-26(27)22(2)3)30(21-25)54-38(41-8)53-18-17-29-34(36(47)45(29)56(50,51)52)43-35(46)33(28-15-16-31(40)42-28)44-55-39(6,7)37(48)49/h15,17,19-21,26-27,34H,2,9-14,16,18H2,1,3-8H3,(H2,40,42)(H,43,46)(H,48,49)(H,50,51,52)/b29-17+,41-38?,44-33-/t26-,27+,34-/m0/s1. The number of carboxylic acids is 1. The van der Waals surface area contributed by atoms with Crippen LogP contribution in [0.2, 0.25) is 0 Å². The number of hydrogen-bond acceptors (Lipinski definition) is 12. The van der Waals surface area contributed by atoms with Crippen molar-refractivity contribution in [1.82, 2.24) is 9.62 Å². The second-order valence-electron chi connectivity index (χ2n) is 14.6. The van der Waals surface area contributed by atoms with Crippen LogP contribution in [0, 0.1) is 12.8 Å². The first kappa shape index (κ1) is 43.4. The summed E-state index contributed by atoms with van der Waals surface area (Å²) in [5.41, 5.74) is 8.41. The normalized spacial score (nSPS) is 21.2. The number of nitrogens with zero attached hydrogens (tertiary/aromatic N) is 4. The number of aliphatic carboxylic acids is 1. The molecule has 3 aliphatic rings. The molecule has 304 valence electrons. The minimum Gasteiger partial charge on any atom is -0.478 e. The van der Waals surface area contributed by atoms with E-state index in [0.717, 1.165) is 66.9 Å². The quantitative estimate of drug-likeness (QED) is 0.0330. The van der Waals surface area contributed by atoms with E-state index in [2.05, 4.69) is 59.9 Å². The predicted octanol–water partition coefficient (Wildman–Crippen LogP) is 5.02. The van der Waals surface area contributed by atoms with Crippen LogP contribution in [0.3, 0.4) is 0 Å². The van der Waals surface area contributed by atoms with E-state index in [1.54, 1.807) is 0 Å². The van der Waals surface area contributed by atoms with Crippen molar-refractivity contribution in [2.75, 3.05) is 13.7 Å². The summed E-state index contributed by atoms with van der Waals surface area (Å²) >= 11 is 0. The summed E-state index contributed by atoms with van der Waals surface area (Å²) in [7, 11) is -3.65. The van der Waals surface area contributed by atoms with E-state index in [9.17, 15) is 32.5 Å². The number of hydrogen-bond donors (Lipinski definition) is 4. The Morgan fingerprint density at radius 1 is 1.23 bits per heavy atom. The van der Waals surface area contributed by atoms with E-state index in [0.29, 0.717) is 5.75 Å². The topological polar surface area (TPSA) is 232 Å². The number of carbonyl (C=O) groups excluding carboxylic acids is 2. The van der Waals surface area contributed by atoms with Gasteiger partial charge in [-0.1, -0.05) is 54.8 Å². The molecule has 0 radical (unpaired) electrons. The Balaban J connectivity index is 1.62. The number of carboxylic acid groups (broad SMARTS) is 1. The number of rotatable bonds is 16. The molecule has 2 aliphatic heterocycles. The molecule has 56 heavy (non-hydrogen) atoms. The van der Waals surface area contributed by atoms with Crippen molar-refractivity contribution in [3.8, 4) is 5.75 Å². The van der Waals surface area contributed by atoms with Gasteiger partial charge in [0.15, 0.2) is 11.8 Å². The summed E-state index contributed by atoms with van der Waals surface area (Å²) in [5, 5.41) is 15.5. The molecule has 0 spiro atoms. The molecule has 2 amide bonds. The molecule has 1 aromatic rings. The monoisotopic (exact) mass is 796 g/mol. The van der Waals surface area contributed by atoms with Gasteiger partial charge in [0, 0.05) is 24.9 Å². The summed E-state index contributed by atoms with van der Waals surface area (Å²) in [6.45, 7) is 14.6. The summed E-state index contributed by atoms with van der Waals surface area (Å²) in [4.78, 5) is 51.4. The van der Waals surface area contributed by atoms with Gasteiger partial charge < -0.3 is 30.5 Å². The highest BCUT2D eigenvalue weighted by Crippen LogP contribution is 2.45. The van der Waals surface area contributed by atoms with Crippen LogP contribution in [-0.2, 0) is 40.7 Å². The average molecular weight is 797 g/mol. The second kappa shape index (κ2) is 18.1. The molecule has 0 saturated carbocycles. The summed E-state index contributed by atoms with van der Waals surface area (Å²) in [5.74, 6) is -2.78. The largest absolute Gasteiger partial charge is 0.478 e. The van der Waals surface area contributed by atoms with Crippen molar-refractivity contribution >= 4 is 45.7 Å². The van der Waals surface area contributed by atoms with Gasteiger partial charge in [-0.25, -0.2) is 14.8 Å². The fourth-order valence-corrected chi connectivity index (χ4v) is 7.40. The Bertz CT molecular complexity index is 2050. The first-order valence-electron chi connectivity index (χ1n) is 18.4. The molecule has 4 rings (SSSR count). The van der Waals surface area contributed by atoms with Crippen molar-refractivity contribution in [1.29, 1.82) is 0 Å². The van der Waals surface area contributed by atoms with Crippen LogP contribution >= 0.6 is 0 Å². The number of ether oxygens (including phenoxy) is 2. The minimum absolute atomic E-state index is 0.00833. The van der Waals surface area contributed by atoms with Gasteiger partial charge in [-0.3, -0.25) is 14.1 Å². The molecule has 1 fully saturated rings. The molecular formula is C39H52N6O10S. The highest BCUT2D eigenvalue weighted by Gasteiger charge is 2.50. The Kier molecular flexibility index (Phi) is 14.0. The van der Waals surface area contributed by atoms with Crippen LogP contribution in [-0.4, -0.2) is 83.1 Å². The van der Waals surface area contributed by atoms with Gasteiger partial charge in [0.05, 0.1) is 11.4 Å².